The predicted molar refractivity (Wildman–Crippen MR) is 47.3 cm³/mol. The molecule has 1 atom stereocenters. The van der Waals surface area contributed by atoms with Crippen LogP contribution >= 0.6 is 0 Å². The molecule has 0 aromatic carbocycles. The van der Waals surface area contributed by atoms with Gasteiger partial charge in [0.05, 0.1) is 6.54 Å². The lowest BCUT2D eigenvalue weighted by atomic mass is 10.1. The van der Waals surface area contributed by atoms with Gasteiger partial charge in [-0.05, 0) is 32.5 Å². The molecule has 1 heterocycles. The molecule has 0 saturated carbocycles. The van der Waals surface area contributed by atoms with Crippen LogP contribution in [0.4, 0.5) is 0 Å². The van der Waals surface area contributed by atoms with Crippen molar-refractivity contribution in [2.45, 2.75) is 6.42 Å². The van der Waals surface area contributed by atoms with E-state index in [1.807, 2.05) is 0 Å². The molecule has 0 bridgehead atoms. The zero-order valence-corrected chi connectivity index (χ0v) is 7.14. The molecule has 1 fully saturated rings. The molecule has 0 spiro atoms. The molecule has 0 aromatic heterocycles. The van der Waals surface area contributed by atoms with Crippen molar-refractivity contribution in [3.8, 4) is 12.3 Å². The van der Waals surface area contributed by atoms with Crippen LogP contribution in [0.2, 0.25) is 0 Å². The average molecular weight is 152 g/mol. The van der Waals surface area contributed by atoms with E-state index in [-0.39, 0.29) is 0 Å². The molecule has 0 aliphatic carbocycles. The third kappa shape index (κ3) is 2.92. The molecule has 1 rings (SSSR count). The number of rotatable bonds is 3. The second-order valence-corrected chi connectivity index (χ2v) is 3.26. The fourth-order valence-electron chi connectivity index (χ4n) is 1.53. The van der Waals surface area contributed by atoms with Crippen molar-refractivity contribution in [1.82, 2.24) is 10.2 Å². The molecule has 1 saturated heterocycles. The Balaban J connectivity index is 2.14. The zero-order valence-electron chi connectivity index (χ0n) is 7.14. The van der Waals surface area contributed by atoms with Gasteiger partial charge >= 0.3 is 0 Å². The molecule has 0 radical (unpaired) electrons. The molecule has 0 aromatic rings. The highest BCUT2D eigenvalue weighted by Crippen LogP contribution is 2.07. The molecule has 1 aliphatic heterocycles. The maximum absolute atomic E-state index is 5.20. The summed E-state index contributed by atoms with van der Waals surface area (Å²) in [6.07, 6.45) is 6.50. The van der Waals surface area contributed by atoms with Gasteiger partial charge in [-0.15, -0.1) is 6.42 Å². The number of nitrogens with zero attached hydrogens (tertiary/aromatic N) is 1. The van der Waals surface area contributed by atoms with Crippen LogP contribution in [0.1, 0.15) is 6.42 Å². The lowest BCUT2D eigenvalue weighted by Gasteiger charge is -2.17. The Morgan fingerprint density at radius 3 is 3.09 bits per heavy atom. The smallest absolute Gasteiger partial charge is 0.0596 e. The van der Waals surface area contributed by atoms with Crippen LogP contribution in [-0.4, -0.2) is 38.1 Å². The summed E-state index contributed by atoms with van der Waals surface area (Å²) < 4.78 is 0. The van der Waals surface area contributed by atoms with E-state index in [1.54, 1.807) is 0 Å². The zero-order chi connectivity index (χ0) is 8.10. The summed E-state index contributed by atoms with van der Waals surface area (Å²) in [4.78, 5) is 2.21. The van der Waals surface area contributed by atoms with E-state index in [1.165, 1.54) is 13.0 Å². The van der Waals surface area contributed by atoms with Crippen LogP contribution in [0.3, 0.4) is 0 Å². The van der Waals surface area contributed by atoms with Crippen molar-refractivity contribution < 1.29 is 0 Å². The second-order valence-electron chi connectivity index (χ2n) is 3.26. The monoisotopic (exact) mass is 152 g/mol. The van der Waals surface area contributed by atoms with E-state index in [2.05, 4.69) is 23.2 Å². The number of terminal acetylenes is 1. The van der Waals surface area contributed by atoms with Gasteiger partial charge < -0.3 is 5.32 Å². The Morgan fingerprint density at radius 2 is 2.55 bits per heavy atom. The summed E-state index contributed by atoms with van der Waals surface area (Å²) in [7, 11) is 2.08. The van der Waals surface area contributed by atoms with Crippen LogP contribution < -0.4 is 5.32 Å². The summed E-state index contributed by atoms with van der Waals surface area (Å²) in [5, 5.41) is 3.34. The first-order chi connectivity index (χ1) is 5.33. The highest BCUT2D eigenvalue weighted by molar-refractivity contribution is 4.88. The van der Waals surface area contributed by atoms with Crippen LogP contribution in [0.15, 0.2) is 0 Å². The summed E-state index contributed by atoms with van der Waals surface area (Å²) >= 11 is 0. The number of nitrogens with one attached hydrogen (secondary N) is 1. The lowest BCUT2D eigenvalue weighted by molar-refractivity contribution is 0.315. The van der Waals surface area contributed by atoms with Crippen molar-refractivity contribution in [2.24, 2.45) is 5.92 Å². The summed E-state index contributed by atoms with van der Waals surface area (Å²) in [6, 6.07) is 0. The standard InChI is InChI=1S/C9H16N2/c1-3-6-11(2)8-9-4-5-10-7-9/h1,9-10H,4-8H2,2H3. The Kier molecular flexibility index (Phi) is 3.41. The van der Waals surface area contributed by atoms with Crippen molar-refractivity contribution >= 4 is 0 Å². The minimum absolute atomic E-state index is 0.774. The minimum Gasteiger partial charge on any atom is -0.316 e. The SMILES string of the molecule is C#CCN(C)CC1CCNC1. The molecule has 1 N–H and O–H groups in total. The number of hydrogen-bond donors (Lipinski definition) is 1. The van der Waals surface area contributed by atoms with Crippen LogP contribution in [0.5, 0.6) is 0 Å². The topological polar surface area (TPSA) is 15.3 Å². The van der Waals surface area contributed by atoms with Gasteiger partial charge in [-0.25, -0.2) is 0 Å². The Labute approximate surface area is 69.0 Å². The molecule has 1 unspecified atom stereocenters. The van der Waals surface area contributed by atoms with Crippen LogP contribution in [0.25, 0.3) is 0 Å². The van der Waals surface area contributed by atoms with Gasteiger partial charge in [-0.3, -0.25) is 4.90 Å². The van der Waals surface area contributed by atoms with E-state index < -0.39 is 0 Å². The van der Waals surface area contributed by atoms with E-state index in [0.717, 1.165) is 25.6 Å². The van der Waals surface area contributed by atoms with E-state index in [0.29, 0.717) is 0 Å². The third-order valence-electron chi connectivity index (χ3n) is 2.09. The van der Waals surface area contributed by atoms with Gasteiger partial charge in [0.15, 0.2) is 0 Å². The highest BCUT2D eigenvalue weighted by atomic mass is 15.1. The van der Waals surface area contributed by atoms with E-state index in [4.69, 9.17) is 6.42 Å². The fraction of sp³-hybridized carbons (Fsp3) is 0.778. The van der Waals surface area contributed by atoms with Crippen molar-refractivity contribution in [1.29, 1.82) is 0 Å². The van der Waals surface area contributed by atoms with Crippen molar-refractivity contribution in [3.63, 3.8) is 0 Å². The quantitative estimate of drug-likeness (QED) is 0.580. The van der Waals surface area contributed by atoms with E-state index >= 15 is 0 Å². The Morgan fingerprint density at radius 1 is 1.73 bits per heavy atom. The Bertz CT molecular complexity index is 142. The molecule has 1 aliphatic rings. The predicted octanol–water partition coefficient (Wildman–Crippen LogP) is 0.161. The normalized spacial score (nSPS) is 23.9. The van der Waals surface area contributed by atoms with Gasteiger partial charge in [0.2, 0.25) is 0 Å². The first-order valence-corrected chi connectivity index (χ1v) is 4.15. The molecular formula is C9H16N2. The average Bonchev–Trinajstić information content (AvgIpc) is 2.40. The van der Waals surface area contributed by atoms with Gasteiger partial charge in [-0.2, -0.15) is 0 Å². The van der Waals surface area contributed by atoms with Crippen molar-refractivity contribution in [2.75, 3.05) is 33.2 Å². The maximum Gasteiger partial charge on any atom is 0.0596 e. The first kappa shape index (κ1) is 8.58. The molecule has 2 nitrogen and oxygen atoms in total. The van der Waals surface area contributed by atoms with Gasteiger partial charge in [0.1, 0.15) is 0 Å². The second kappa shape index (κ2) is 4.38. The third-order valence-corrected chi connectivity index (χ3v) is 2.09. The molecule has 0 amide bonds. The molecule has 62 valence electrons. The molecule has 2 heteroatoms. The largest absolute Gasteiger partial charge is 0.316 e. The molecule has 11 heavy (non-hydrogen) atoms. The summed E-state index contributed by atoms with van der Waals surface area (Å²) in [5.74, 6) is 3.46. The minimum atomic E-state index is 0.774. The van der Waals surface area contributed by atoms with Crippen molar-refractivity contribution in [3.05, 3.63) is 0 Å². The number of hydrogen-bond acceptors (Lipinski definition) is 2. The molecular weight excluding hydrogens is 136 g/mol. The van der Waals surface area contributed by atoms with Gasteiger partial charge in [0.25, 0.3) is 0 Å². The van der Waals surface area contributed by atoms with Gasteiger partial charge in [-0.1, -0.05) is 5.92 Å². The summed E-state index contributed by atoms with van der Waals surface area (Å²) in [6.45, 7) is 4.25. The van der Waals surface area contributed by atoms with Gasteiger partial charge in [0, 0.05) is 6.54 Å². The first-order valence-electron chi connectivity index (χ1n) is 4.15. The summed E-state index contributed by atoms with van der Waals surface area (Å²) in [5.41, 5.74) is 0. The van der Waals surface area contributed by atoms with Crippen LogP contribution in [0, 0.1) is 18.3 Å². The van der Waals surface area contributed by atoms with Crippen LogP contribution in [-0.2, 0) is 0 Å². The maximum atomic E-state index is 5.20. The van der Waals surface area contributed by atoms with E-state index in [9.17, 15) is 0 Å². The lowest BCUT2D eigenvalue weighted by Crippen LogP contribution is -2.27. The fourth-order valence-corrected chi connectivity index (χ4v) is 1.53. The highest BCUT2D eigenvalue weighted by Gasteiger charge is 2.15. The Hall–Kier alpha value is -0.520.